The molecule has 1 atom stereocenters. The van der Waals surface area contributed by atoms with E-state index in [2.05, 4.69) is 15.5 Å². The summed E-state index contributed by atoms with van der Waals surface area (Å²) < 4.78 is 5.66. The zero-order chi connectivity index (χ0) is 20.1. The number of carbonyl (C=O) groups is 2. The number of amides is 2. The molecule has 6 nitrogen and oxygen atoms in total. The van der Waals surface area contributed by atoms with Crippen LogP contribution in [-0.2, 0) is 4.79 Å². The second kappa shape index (κ2) is 9.09. The van der Waals surface area contributed by atoms with Crippen molar-refractivity contribution in [3.63, 3.8) is 0 Å². The van der Waals surface area contributed by atoms with Crippen molar-refractivity contribution in [2.24, 2.45) is 0 Å². The number of piperidine rings is 1. The second-order valence-corrected chi connectivity index (χ2v) is 7.68. The molecule has 1 unspecified atom stereocenters. The molecule has 6 heteroatoms. The van der Waals surface area contributed by atoms with Gasteiger partial charge in [-0.2, -0.15) is 0 Å². The fraction of sp³-hybridized carbons (Fsp3) is 0.391. The summed E-state index contributed by atoms with van der Waals surface area (Å²) >= 11 is 0. The lowest BCUT2D eigenvalue weighted by atomic mass is 10.0. The summed E-state index contributed by atoms with van der Waals surface area (Å²) in [6.07, 6.45) is 2.49. The number of ether oxygens (including phenoxy) is 1. The molecule has 0 saturated carbocycles. The maximum Gasteiger partial charge on any atom is 0.251 e. The van der Waals surface area contributed by atoms with Crippen molar-refractivity contribution in [3.05, 3.63) is 65.7 Å². The van der Waals surface area contributed by atoms with Crippen molar-refractivity contribution >= 4 is 11.8 Å². The minimum atomic E-state index is -0.0278. The Bertz CT molecular complexity index is 847. The molecule has 0 spiro atoms. The van der Waals surface area contributed by atoms with Crippen LogP contribution in [0, 0.1) is 0 Å². The summed E-state index contributed by atoms with van der Waals surface area (Å²) in [5.74, 6) is 0.873. The number of hydrogen-bond acceptors (Lipinski definition) is 4. The second-order valence-electron chi connectivity index (χ2n) is 7.68. The van der Waals surface area contributed by atoms with E-state index in [1.54, 1.807) is 0 Å². The Morgan fingerprint density at radius 3 is 2.45 bits per heavy atom. The van der Waals surface area contributed by atoms with Crippen LogP contribution in [0.2, 0.25) is 0 Å². The number of para-hydroxylation sites is 1. The first-order valence-electron chi connectivity index (χ1n) is 10.3. The predicted octanol–water partition coefficient (Wildman–Crippen LogP) is 2.52. The van der Waals surface area contributed by atoms with Gasteiger partial charge in [-0.25, -0.2) is 0 Å². The van der Waals surface area contributed by atoms with Crippen LogP contribution in [0.4, 0.5) is 0 Å². The van der Waals surface area contributed by atoms with Crippen molar-refractivity contribution in [3.8, 4) is 5.75 Å². The summed E-state index contributed by atoms with van der Waals surface area (Å²) in [4.78, 5) is 27.0. The molecular weight excluding hydrogens is 366 g/mol. The number of nitrogens with one attached hydrogen (secondary N) is 2. The van der Waals surface area contributed by atoms with E-state index in [0.29, 0.717) is 18.7 Å². The van der Waals surface area contributed by atoms with Crippen molar-refractivity contribution < 1.29 is 14.3 Å². The van der Waals surface area contributed by atoms with Gasteiger partial charge < -0.3 is 15.4 Å². The lowest BCUT2D eigenvalue weighted by Crippen LogP contribution is -2.47. The fourth-order valence-corrected chi connectivity index (χ4v) is 4.03. The number of hydrogen-bond donors (Lipinski definition) is 2. The van der Waals surface area contributed by atoms with Gasteiger partial charge in [-0.3, -0.25) is 14.5 Å². The van der Waals surface area contributed by atoms with Crippen LogP contribution in [0.15, 0.2) is 54.6 Å². The Labute approximate surface area is 171 Å². The van der Waals surface area contributed by atoms with Crippen LogP contribution in [0.3, 0.4) is 0 Å². The van der Waals surface area contributed by atoms with Crippen LogP contribution >= 0.6 is 0 Å². The Kier molecular flexibility index (Phi) is 6.10. The first kappa shape index (κ1) is 19.5. The van der Waals surface area contributed by atoms with E-state index in [1.807, 2.05) is 54.6 Å². The van der Waals surface area contributed by atoms with Gasteiger partial charge in [0.2, 0.25) is 5.91 Å². The highest BCUT2D eigenvalue weighted by molar-refractivity contribution is 5.94. The standard InChI is InChI=1S/C23H27N3O3/c27-22(25-20-12-15-29-21-9-5-4-8-19(20)21)16-26-13-10-18(11-14-26)24-23(28)17-6-2-1-3-7-17/h1-9,18,20H,10-16H2,(H,24,28)(H,25,27). The summed E-state index contributed by atoms with van der Waals surface area (Å²) in [5.41, 5.74) is 1.74. The van der Waals surface area contributed by atoms with E-state index in [0.717, 1.165) is 43.7 Å². The molecule has 2 aliphatic rings. The molecule has 2 aliphatic heterocycles. The van der Waals surface area contributed by atoms with Crippen molar-refractivity contribution in [2.75, 3.05) is 26.2 Å². The van der Waals surface area contributed by atoms with Crippen LogP contribution in [0.25, 0.3) is 0 Å². The topological polar surface area (TPSA) is 70.7 Å². The highest BCUT2D eigenvalue weighted by Gasteiger charge is 2.25. The molecule has 0 radical (unpaired) electrons. The van der Waals surface area contributed by atoms with Gasteiger partial charge in [-0.1, -0.05) is 36.4 Å². The van der Waals surface area contributed by atoms with Crippen LogP contribution in [0.5, 0.6) is 5.75 Å². The first-order valence-corrected chi connectivity index (χ1v) is 10.3. The maximum absolute atomic E-state index is 12.6. The lowest BCUT2D eigenvalue weighted by molar-refractivity contribution is -0.123. The third kappa shape index (κ3) is 4.95. The van der Waals surface area contributed by atoms with Crippen molar-refractivity contribution in [1.29, 1.82) is 0 Å². The zero-order valence-corrected chi connectivity index (χ0v) is 16.5. The average molecular weight is 393 g/mol. The summed E-state index contributed by atoms with van der Waals surface area (Å²) in [5, 5.41) is 6.26. The lowest BCUT2D eigenvalue weighted by Gasteiger charge is -2.33. The van der Waals surface area contributed by atoms with E-state index in [-0.39, 0.29) is 23.9 Å². The molecule has 2 heterocycles. The van der Waals surface area contributed by atoms with E-state index >= 15 is 0 Å². The summed E-state index contributed by atoms with van der Waals surface area (Å²) in [7, 11) is 0. The maximum atomic E-state index is 12.6. The molecule has 2 aromatic carbocycles. The molecule has 0 aromatic heterocycles. The normalized spacial score (nSPS) is 19.7. The minimum Gasteiger partial charge on any atom is -0.493 e. The Morgan fingerprint density at radius 1 is 0.931 bits per heavy atom. The quantitative estimate of drug-likeness (QED) is 0.819. The van der Waals surface area contributed by atoms with Crippen LogP contribution in [-0.4, -0.2) is 49.0 Å². The van der Waals surface area contributed by atoms with Crippen LogP contribution in [0.1, 0.15) is 41.2 Å². The van der Waals surface area contributed by atoms with Gasteiger partial charge >= 0.3 is 0 Å². The number of fused-ring (bicyclic) bond motifs is 1. The monoisotopic (exact) mass is 393 g/mol. The molecule has 0 bridgehead atoms. The molecule has 2 N–H and O–H groups in total. The Morgan fingerprint density at radius 2 is 1.66 bits per heavy atom. The number of benzene rings is 2. The summed E-state index contributed by atoms with van der Waals surface area (Å²) in [6, 6.07) is 17.3. The molecule has 0 aliphatic carbocycles. The molecule has 29 heavy (non-hydrogen) atoms. The molecule has 1 saturated heterocycles. The molecular formula is C23H27N3O3. The van der Waals surface area contributed by atoms with Crippen molar-refractivity contribution in [2.45, 2.75) is 31.3 Å². The average Bonchev–Trinajstić information content (AvgIpc) is 2.76. The van der Waals surface area contributed by atoms with Gasteiger partial charge in [0.05, 0.1) is 19.2 Å². The largest absolute Gasteiger partial charge is 0.493 e. The van der Waals surface area contributed by atoms with Gasteiger partial charge in [-0.15, -0.1) is 0 Å². The van der Waals surface area contributed by atoms with E-state index in [9.17, 15) is 9.59 Å². The Balaban J connectivity index is 1.23. The smallest absolute Gasteiger partial charge is 0.251 e. The van der Waals surface area contributed by atoms with E-state index in [1.165, 1.54) is 0 Å². The van der Waals surface area contributed by atoms with E-state index < -0.39 is 0 Å². The minimum absolute atomic E-state index is 0.00940. The third-order valence-corrected chi connectivity index (χ3v) is 5.62. The van der Waals surface area contributed by atoms with E-state index in [4.69, 9.17) is 4.74 Å². The van der Waals surface area contributed by atoms with Gasteiger partial charge in [0, 0.05) is 36.7 Å². The molecule has 4 rings (SSSR count). The van der Waals surface area contributed by atoms with Gasteiger partial charge in [0.25, 0.3) is 5.91 Å². The van der Waals surface area contributed by atoms with Crippen LogP contribution < -0.4 is 15.4 Å². The fourth-order valence-electron chi connectivity index (χ4n) is 4.03. The van der Waals surface area contributed by atoms with Crippen molar-refractivity contribution in [1.82, 2.24) is 15.5 Å². The predicted molar refractivity (Wildman–Crippen MR) is 111 cm³/mol. The first-order chi connectivity index (χ1) is 14.2. The zero-order valence-electron chi connectivity index (χ0n) is 16.5. The number of carbonyl (C=O) groups excluding carboxylic acids is 2. The number of rotatable bonds is 5. The Hall–Kier alpha value is -2.86. The summed E-state index contributed by atoms with van der Waals surface area (Å²) in [6.45, 7) is 2.61. The molecule has 1 fully saturated rings. The highest BCUT2D eigenvalue weighted by atomic mass is 16.5. The molecule has 2 amide bonds. The van der Waals surface area contributed by atoms with Gasteiger partial charge in [0.15, 0.2) is 0 Å². The SMILES string of the molecule is O=C(CN1CCC(NC(=O)c2ccccc2)CC1)NC1CCOc2ccccc21. The highest BCUT2D eigenvalue weighted by Crippen LogP contribution is 2.31. The van der Waals surface area contributed by atoms with Gasteiger partial charge in [0.1, 0.15) is 5.75 Å². The molecule has 2 aromatic rings. The molecule has 152 valence electrons. The van der Waals surface area contributed by atoms with Gasteiger partial charge in [-0.05, 0) is 31.0 Å². The third-order valence-electron chi connectivity index (χ3n) is 5.62. The number of nitrogens with zero attached hydrogens (tertiary/aromatic N) is 1. The number of likely N-dealkylation sites (tertiary alicyclic amines) is 1.